The number of nitrogens with one attached hydrogen (secondary N) is 1. The first-order chi connectivity index (χ1) is 22.5. The second-order valence-electron chi connectivity index (χ2n) is 14.1. The number of imidazole rings is 1. The number of unbranched alkanes of at least 4 members (excludes halogenated alkanes) is 4. The number of carboxylic acids is 1. The maximum Gasteiger partial charge on any atom is 0.408 e. The smallest absolute Gasteiger partial charge is 0.408 e. The van der Waals surface area contributed by atoms with Gasteiger partial charge >= 0.3 is 18.0 Å². The predicted octanol–water partition coefficient (Wildman–Crippen LogP) is 7.63. The lowest BCUT2D eigenvalue weighted by atomic mass is 10.1. The minimum Gasteiger partial charge on any atom is -0.482 e. The number of aromatic carboxylic acids is 1. The molecule has 1 atom stereocenters. The van der Waals surface area contributed by atoms with E-state index in [2.05, 4.69) is 9.88 Å². The number of aromatic nitrogens is 4. The van der Waals surface area contributed by atoms with Crippen LogP contribution in [0.15, 0.2) is 30.3 Å². The van der Waals surface area contributed by atoms with Gasteiger partial charge in [0.15, 0.2) is 5.88 Å². The van der Waals surface area contributed by atoms with Crippen molar-refractivity contribution in [2.75, 3.05) is 7.11 Å². The van der Waals surface area contributed by atoms with Crippen molar-refractivity contribution < 1.29 is 33.7 Å². The van der Waals surface area contributed by atoms with E-state index in [1.165, 1.54) is 19.2 Å². The van der Waals surface area contributed by atoms with Gasteiger partial charge in [-0.25, -0.2) is 19.6 Å². The summed E-state index contributed by atoms with van der Waals surface area (Å²) >= 11 is 0. The second kappa shape index (κ2) is 14.7. The molecule has 12 nitrogen and oxygen atoms in total. The van der Waals surface area contributed by atoms with E-state index < -0.39 is 29.3 Å². The topological polar surface area (TPSA) is 146 Å². The number of aryl methyl sites for hydroxylation is 2. The van der Waals surface area contributed by atoms with Gasteiger partial charge in [0.25, 0.3) is 0 Å². The SMILES string of the molecule is COc1cc(C(=O)O)cc2nc(-c3cc4ccc(C(C)NC(=O)OC(C)(C)C)nc4n3CCCCCCCC(=O)OC(C)(C)C)c(C)n12. The molecule has 4 aromatic heterocycles. The highest BCUT2D eigenvalue weighted by Crippen LogP contribution is 2.33. The fourth-order valence-electron chi connectivity index (χ4n) is 5.62. The quantitative estimate of drug-likeness (QED) is 0.109. The standard InChI is InChI=1S/C36H49N5O7/c1-22(37-34(45)48-36(6,7)8)26-17-16-24-19-27(31-23(2)41-28(39-31)20-25(33(43)44)21-29(41)46-9)40(32(24)38-26)18-14-12-10-11-13-15-30(42)47-35(3,4)5/h16-17,19-22H,10-15,18H2,1-9H3,(H,37,45)(H,43,44). The summed E-state index contributed by atoms with van der Waals surface area (Å²) in [4.78, 5) is 46.3. The van der Waals surface area contributed by atoms with Crippen molar-refractivity contribution in [2.45, 2.75) is 118 Å². The van der Waals surface area contributed by atoms with E-state index in [4.69, 9.17) is 24.2 Å². The van der Waals surface area contributed by atoms with Crippen LogP contribution in [0.25, 0.3) is 28.1 Å². The van der Waals surface area contributed by atoms with Crippen molar-refractivity contribution in [3.63, 3.8) is 0 Å². The Balaban J connectivity index is 1.63. The molecule has 12 heteroatoms. The van der Waals surface area contributed by atoms with E-state index in [-0.39, 0.29) is 11.5 Å². The summed E-state index contributed by atoms with van der Waals surface area (Å²) in [5.41, 5.74) is 3.20. The van der Waals surface area contributed by atoms with Gasteiger partial charge in [-0.05, 0) is 92.5 Å². The van der Waals surface area contributed by atoms with Gasteiger partial charge < -0.3 is 29.2 Å². The Morgan fingerprint density at radius 2 is 1.58 bits per heavy atom. The fourth-order valence-corrected chi connectivity index (χ4v) is 5.62. The number of esters is 1. The molecule has 0 bridgehead atoms. The molecule has 0 fully saturated rings. The zero-order valence-electron chi connectivity index (χ0n) is 29.6. The largest absolute Gasteiger partial charge is 0.482 e. The molecule has 2 N–H and O–H groups in total. The van der Waals surface area contributed by atoms with E-state index in [0.29, 0.717) is 35.9 Å². The number of amides is 1. The molecule has 4 aromatic rings. The molecule has 0 aromatic carbocycles. The van der Waals surface area contributed by atoms with E-state index in [1.807, 2.05) is 73.6 Å². The first-order valence-corrected chi connectivity index (χ1v) is 16.5. The molecule has 0 saturated heterocycles. The minimum atomic E-state index is -1.07. The van der Waals surface area contributed by atoms with Gasteiger partial charge in [0.2, 0.25) is 0 Å². The lowest BCUT2D eigenvalue weighted by Gasteiger charge is -2.22. The Hall–Kier alpha value is -4.61. The van der Waals surface area contributed by atoms with E-state index in [1.54, 1.807) is 4.40 Å². The van der Waals surface area contributed by atoms with E-state index >= 15 is 0 Å². The van der Waals surface area contributed by atoms with Crippen LogP contribution in [0.3, 0.4) is 0 Å². The fraction of sp³-hybridized carbons (Fsp3) is 0.528. The molecule has 4 heterocycles. The summed E-state index contributed by atoms with van der Waals surface area (Å²) in [6.07, 6.45) is 4.37. The van der Waals surface area contributed by atoms with Crippen molar-refractivity contribution in [3.8, 4) is 17.3 Å². The number of methoxy groups -OCH3 is 1. The summed E-state index contributed by atoms with van der Waals surface area (Å²) in [6.45, 7) is 15.5. The normalized spacial score (nSPS) is 12.7. The molecule has 1 unspecified atom stereocenters. The summed E-state index contributed by atoms with van der Waals surface area (Å²) in [5, 5.41) is 13.4. The van der Waals surface area contributed by atoms with Crippen molar-refractivity contribution in [2.24, 2.45) is 0 Å². The molecule has 48 heavy (non-hydrogen) atoms. The number of hydrogen-bond donors (Lipinski definition) is 2. The predicted molar refractivity (Wildman–Crippen MR) is 183 cm³/mol. The van der Waals surface area contributed by atoms with Crippen molar-refractivity contribution >= 4 is 34.7 Å². The molecule has 0 aliphatic rings. The Labute approximate surface area is 281 Å². The van der Waals surface area contributed by atoms with Gasteiger partial charge in [0.1, 0.15) is 28.2 Å². The Morgan fingerprint density at radius 1 is 0.917 bits per heavy atom. The number of alkyl carbamates (subject to hydrolysis) is 1. The van der Waals surface area contributed by atoms with Crippen LogP contribution >= 0.6 is 0 Å². The van der Waals surface area contributed by atoms with Gasteiger partial charge in [-0.2, -0.15) is 0 Å². The van der Waals surface area contributed by atoms with Gasteiger partial charge in [-0.15, -0.1) is 0 Å². The van der Waals surface area contributed by atoms with Crippen LogP contribution in [0, 0.1) is 6.92 Å². The van der Waals surface area contributed by atoms with Crippen molar-refractivity contribution in [1.82, 2.24) is 24.3 Å². The number of carbonyl (C=O) groups is 3. The maximum absolute atomic E-state index is 12.5. The molecule has 260 valence electrons. The number of fused-ring (bicyclic) bond motifs is 2. The van der Waals surface area contributed by atoms with E-state index in [9.17, 15) is 19.5 Å². The van der Waals surface area contributed by atoms with Gasteiger partial charge in [-0.3, -0.25) is 9.20 Å². The first kappa shape index (κ1) is 36.2. The monoisotopic (exact) mass is 663 g/mol. The van der Waals surface area contributed by atoms with Gasteiger partial charge in [0.05, 0.1) is 35.8 Å². The third-order valence-electron chi connectivity index (χ3n) is 7.74. The third-order valence-corrected chi connectivity index (χ3v) is 7.74. The van der Waals surface area contributed by atoms with Crippen LogP contribution in [0.1, 0.15) is 115 Å². The zero-order chi connectivity index (χ0) is 35.4. The molecular weight excluding hydrogens is 614 g/mol. The average molecular weight is 664 g/mol. The molecule has 0 aliphatic carbocycles. The zero-order valence-corrected chi connectivity index (χ0v) is 29.6. The highest BCUT2D eigenvalue weighted by molar-refractivity contribution is 5.90. The van der Waals surface area contributed by atoms with Gasteiger partial charge in [-0.1, -0.05) is 19.3 Å². The number of hydrogen-bond acceptors (Lipinski definition) is 8. The maximum atomic E-state index is 12.5. The van der Waals surface area contributed by atoms with Crippen LogP contribution in [-0.2, 0) is 20.8 Å². The summed E-state index contributed by atoms with van der Waals surface area (Å²) in [5.74, 6) is -0.861. The van der Waals surface area contributed by atoms with Crippen molar-refractivity contribution in [1.29, 1.82) is 0 Å². The third kappa shape index (κ3) is 9.05. The highest BCUT2D eigenvalue weighted by atomic mass is 16.6. The summed E-state index contributed by atoms with van der Waals surface area (Å²) in [6, 6.07) is 8.53. The van der Waals surface area contributed by atoms with Crippen LogP contribution in [0.5, 0.6) is 5.88 Å². The number of rotatable bonds is 13. The summed E-state index contributed by atoms with van der Waals surface area (Å²) < 4.78 is 20.4. The van der Waals surface area contributed by atoms with Crippen molar-refractivity contribution in [3.05, 3.63) is 47.3 Å². The molecule has 0 aliphatic heterocycles. The first-order valence-electron chi connectivity index (χ1n) is 16.5. The number of ether oxygens (including phenoxy) is 3. The van der Waals surface area contributed by atoms with Gasteiger partial charge in [0, 0.05) is 24.4 Å². The number of carboxylic acid groups (broad SMARTS) is 1. The molecule has 0 radical (unpaired) electrons. The summed E-state index contributed by atoms with van der Waals surface area (Å²) in [7, 11) is 1.50. The average Bonchev–Trinajstić information content (AvgIpc) is 3.50. The Morgan fingerprint density at radius 3 is 2.23 bits per heavy atom. The number of carbonyl (C=O) groups excluding carboxylic acids is 2. The number of pyridine rings is 2. The number of nitrogens with zero attached hydrogens (tertiary/aromatic N) is 4. The van der Waals surface area contributed by atoms with E-state index in [0.717, 1.165) is 54.5 Å². The minimum absolute atomic E-state index is 0.0842. The molecule has 1 amide bonds. The van der Waals surface area contributed by atoms with Crippen LogP contribution in [0.2, 0.25) is 0 Å². The second-order valence-corrected chi connectivity index (χ2v) is 14.1. The lowest BCUT2D eigenvalue weighted by molar-refractivity contribution is -0.154. The molecule has 0 spiro atoms. The molecule has 4 rings (SSSR count). The molecule has 0 saturated carbocycles. The Kier molecular flexibility index (Phi) is 11.1. The van der Waals surface area contributed by atoms with Crippen LogP contribution in [0.4, 0.5) is 4.79 Å². The Bertz CT molecular complexity index is 1790. The molecular formula is C36H49N5O7. The van der Waals surface area contributed by atoms with Crippen LogP contribution in [-0.4, -0.2) is 60.4 Å². The van der Waals surface area contributed by atoms with Crippen LogP contribution < -0.4 is 10.1 Å². The highest BCUT2D eigenvalue weighted by Gasteiger charge is 2.23. The lowest BCUT2D eigenvalue weighted by Crippen LogP contribution is -2.34.